The molecule has 0 saturated carbocycles. The van der Waals surface area contributed by atoms with Crippen LogP contribution in [0, 0.1) is 0 Å². The van der Waals surface area contributed by atoms with E-state index in [2.05, 4.69) is 4.74 Å². The van der Waals surface area contributed by atoms with Gasteiger partial charge in [-0.2, -0.15) is 0 Å². The molecule has 0 saturated heterocycles. The summed E-state index contributed by atoms with van der Waals surface area (Å²) in [6.45, 7) is 1.29. The fourth-order valence-electron chi connectivity index (χ4n) is 1.26. The molecule has 84 valence electrons. The van der Waals surface area contributed by atoms with Crippen LogP contribution in [0.25, 0.3) is 0 Å². The average Bonchev–Trinajstić information content (AvgIpc) is 2.26. The van der Waals surface area contributed by atoms with Crippen LogP contribution in [0.3, 0.4) is 0 Å². The second-order valence-corrected chi connectivity index (χ2v) is 3.11. The predicted octanol–water partition coefficient (Wildman–Crippen LogP) is 1.37. The van der Waals surface area contributed by atoms with E-state index in [1.54, 1.807) is 0 Å². The van der Waals surface area contributed by atoms with Crippen molar-refractivity contribution in [2.24, 2.45) is 0 Å². The van der Waals surface area contributed by atoms with Crippen LogP contribution >= 0.6 is 0 Å². The first-order chi connectivity index (χ1) is 7.47. The normalized spacial score (nSPS) is 9.62. The Labute approximate surface area is 91.6 Å². The number of rotatable bonds is 3. The Morgan fingerprint density at radius 1 is 1.19 bits per heavy atom. The van der Waals surface area contributed by atoms with Gasteiger partial charge in [0.15, 0.2) is 5.78 Å². The molecule has 0 unspecified atom stereocenters. The summed E-state index contributed by atoms with van der Waals surface area (Å²) in [6.07, 6.45) is 0. The second kappa shape index (κ2) is 4.57. The van der Waals surface area contributed by atoms with Crippen LogP contribution in [-0.2, 0) is 4.74 Å². The van der Waals surface area contributed by atoms with Crippen molar-refractivity contribution in [3.8, 4) is 0 Å². The fraction of sp³-hybridized carbons (Fsp3) is 0.182. The van der Waals surface area contributed by atoms with Crippen LogP contribution in [0.1, 0.15) is 38.0 Å². The molecule has 0 aliphatic carbocycles. The highest BCUT2D eigenvalue weighted by molar-refractivity contribution is 6.06. The molecular formula is C11H10O5. The summed E-state index contributed by atoms with van der Waals surface area (Å²) >= 11 is 0. The minimum Gasteiger partial charge on any atom is -0.478 e. The first kappa shape index (κ1) is 11.9. The molecule has 0 spiro atoms. The van der Waals surface area contributed by atoms with Gasteiger partial charge in [0, 0.05) is 5.56 Å². The monoisotopic (exact) mass is 222 g/mol. The number of ketones is 1. The molecule has 1 N–H and O–H groups in total. The van der Waals surface area contributed by atoms with Crippen molar-refractivity contribution in [1.29, 1.82) is 0 Å². The lowest BCUT2D eigenvalue weighted by Crippen LogP contribution is -2.10. The molecule has 0 radical (unpaired) electrons. The Morgan fingerprint density at radius 3 is 2.25 bits per heavy atom. The first-order valence-corrected chi connectivity index (χ1v) is 4.44. The number of methoxy groups -OCH3 is 1. The van der Waals surface area contributed by atoms with Gasteiger partial charge in [0.25, 0.3) is 0 Å². The molecule has 0 aliphatic heterocycles. The highest BCUT2D eigenvalue weighted by Gasteiger charge is 2.17. The zero-order valence-corrected chi connectivity index (χ0v) is 8.81. The Balaban J connectivity index is 3.38. The molecule has 1 aromatic carbocycles. The Bertz CT molecular complexity index is 461. The van der Waals surface area contributed by atoms with Gasteiger partial charge < -0.3 is 9.84 Å². The number of aromatic carboxylic acids is 1. The number of ether oxygens (including phenoxy) is 1. The number of hydrogen-bond acceptors (Lipinski definition) is 4. The third kappa shape index (κ3) is 2.25. The summed E-state index contributed by atoms with van der Waals surface area (Å²) in [5, 5.41) is 8.76. The average molecular weight is 222 g/mol. The van der Waals surface area contributed by atoms with E-state index in [1.165, 1.54) is 26.2 Å². The maximum Gasteiger partial charge on any atom is 0.338 e. The van der Waals surface area contributed by atoms with Crippen molar-refractivity contribution in [2.45, 2.75) is 6.92 Å². The van der Waals surface area contributed by atoms with E-state index in [0.29, 0.717) is 0 Å². The molecule has 1 rings (SSSR count). The van der Waals surface area contributed by atoms with E-state index in [9.17, 15) is 14.4 Å². The number of esters is 1. The molecule has 0 amide bonds. The van der Waals surface area contributed by atoms with Crippen LogP contribution in [0.15, 0.2) is 18.2 Å². The summed E-state index contributed by atoms with van der Waals surface area (Å²) in [6, 6.07) is 3.70. The Kier molecular flexibility index (Phi) is 3.40. The van der Waals surface area contributed by atoms with E-state index in [-0.39, 0.29) is 22.5 Å². The van der Waals surface area contributed by atoms with Crippen molar-refractivity contribution in [2.75, 3.05) is 7.11 Å². The van der Waals surface area contributed by atoms with Gasteiger partial charge in [0.05, 0.1) is 18.2 Å². The zero-order valence-electron chi connectivity index (χ0n) is 8.81. The fourth-order valence-corrected chi connectivity index (χ4v) is 1.26. The van der Waals surface area contributed by atoms with Crippen LogP contribution in [0.5, 0.6) is 0 Å². The summed E-state index contributed by atoms with van der Waals surface area (Å²) in [5.41, 5.74) is 0.0529. The van der Waals surface area contributed by atoms with E-state index >= 15 is 0 Å². The molecule has 5 nitrogen and oxygen atoms in total. The zero-order chi connectivity index (χ0) is 12.3. The Morgan fingerprint density at radius 2 is 1.81 bits per heavy atom. The van der Waals surface area contributed by atoms with Gasteiger partial charge in [0.1, 0.15) is 0 Å². The summed E-state index contributed by atoms with van der Waals surface area (Å²) < 4.78 is 4.48. The lowest BCUT2D eigenvalue weighted by atomic mass is 10.0. The van der Waals surface area contributed by atoms with Crippen LogP contribution < -0.4 is 0 Å². The van der Waals surface area contributed by atoms with Crippen LogP contribution in [-0.4, -0.2) is 29.9 Å². The molecule has 0 aromatic heterocycles. The quantitative estimate of drug-likeness (QED) is 0.617. The number of carbonyl (C=O) groups excluding carboxylic acids is 2. The van der Waals surface area contributed by atoms with E-state index in [1.807, 2.05) is 0 Å². The van der Waals surface area contributed by atoms with Gasteiger partial charge in [-0.1, -0.05) is 0 Å². The van der Waals surface area contributed by atoms with Gasteiger partial charge in [-0.25, -0.2) is 9.59 Å². The molecule has 0 aliphatic rings. The summed E-state index contributed by atoms with van der Waals surface area (Å²) in [7, 11) is 1.17. The molecule has 16 heavy (non-hydrogen) atoms. The van der Waals surface area contributed by atoms with E-state index < -0.39 is 11.9 Å². The van der Waals surface area contributed by atoms with Crippen LogP contribution in [0.4, 0.5) is 0 Å². The van der Waals surface area contributed by atoms with E-state index in [0.717, 1.165) is 6.07 Å². The van der Waals surface area contributed by atoms with Crippen molar-refractivity contribution in [3.63, 3.8) is 0 Å². The van der Waals surface area contributed by atoms with Crippen molar-refractivity contribution >= 4 is 17.7 Å². The van der Waals surface area contributed by atoms with Gasteiger partial charge in [-0.3, -0.25) is 4.79 Å². The number of Topliss-reactive ketones (excluding diaryl/α,β-unsaturated/α-hetero) is 1. The molecule has 0 fully saturated rings. The maximum atomic E-state index is 11.3. The molecule has 1 aromatic rings. The second-order valence-electron chi connectivity index (χ2n) is 3.11. The van der Waals surface area contributed by atoms with Crippen molar-refractivity contribution in [1.82, 2.24) is 0 Å². The van der Waals surface area contributed by atoms with Gasteiger partial charge in [-0.05, 0) is 25.1 Å². The lowest BCUT2D eigenvalue weighted by molar-refractivity contribution is 0.0597. The van der Waals surface area contributed by atoms with Crippen molar-refractivity contribution in [3.05, 3.63) is 34.9 Å². The number of carboxylic acids is 1. The number of carbonyl (C=O) groups is 3. The highest BCUT2D eigenvalue weighted by Crippen LogP contribution is 2.14. The third-order valence-electron chi connectivity index (χ3n) is 2.05. The summed E-state index contributed by atoms with van der Waals surface area (Å²) in [4.78, 5) is 33.3. The molecule has 0 atom stereocenters. The standard InChI is InChI=1S/C11H10O5/c1-6(12)8-4-3-7(10(13)14)5-9(8)11(15)16-2/h3-5H,1-2H3,(H,13,14). The number of hydrogen-bond donors (Lipinski definition) is 1. The highest BCUT2D eigenvalue weighted by atomic mass is 16.5. The lowest BCUT2D eigenvalue weighted by Gasteiger charge is -2.05. The Hall–Kier alpha value is -2.17. The predicted molar refractivity (Wildman–Crippen MR) is 54.7 cm³/mol. The first-order valence-electron chi connectivity index (χ1n) is 4.44. The number of carboxylic acid groups (broad SMARTS) is 1. The van der Waals surface area contributed by atoms with Gasteiger partial charge >= 0.3 is 11.9 Å². The molecular weight excluding hydrogens is 212 g/mol. The topological polar surface area (TPSA) is 80.7 Å². The third-order valence-corrected chi connectivity index (χ3v) is 2.05. The minimum absolute atomic E-state index is 0.0325. The van der Waals surface area contributed by atoms with Crippen molar-refractivity contribution < 1.29 is 24.2 Å². The SMILES string of the molecule is COC(=O)c1cc(C(=O)O)ccc1C(C)=O. The van der Waals surface area contributed by atoms with E-state index in [4.69, 9.17) is 5.11 Å². The molecule has 0 heterocycles. The number of benzene rings is 1. The largest absolute Gasteiger partial charge is 0.478 e. The van der Waals surface area contributed by atoms with Crippen LogP contribution in [0.2, 0.25) is 0 Å². The molecule has 5 heteroatoms. The molecule has 0 bridgehead atoms. The minimum atomic E-state index is -1.17. The summed E-state index contributed by atoms with van der Waals surface area (Å²) in [5.74, 6) is -2.22. The van der Waals surface area contributed by atoms with Gasteiger partial charge in [0.2, 0.25) is 0 Å². The maximum absolute atomic E-state index is 11.3. The van der Waals surface area contributed by atoms with Gasteiger partial charge in [-0.15, -0.1) is 0 Å². The smallest absolute Gasteiger partial charge is 0.338 e.